The molecule has 1 fully saturated rings. The Morgan fingerprint density at radius 1 is 1.14 bits per heavy atom. The molecule has 22 heavy (non-hydrogen) atoms. The Kier molecular flexibility index (Phi) is 11.1. The number of ether oxygens (including phenoxy) is 1. The van der Waals surface area contributed by atoms with Gasteiger partial charge in [-0.2, -0.15) is 0 Å². The molecule has 1 aliphatic rings. The molecule has 0 atom stereocenters. The number of nitrogens with one attached hydrogen (secondary N) is 2. The molecule has 0 aromatic carbocycles. The lowest BCUT2D eigenvalue weighted by Crippen LogP contribution is -2.39. The molecule has 0 radical (unpaired) electrons. The van der Waals surface area contributed by atoms with E-state index in [2.05, 4.69) is 41.3 Å². The zero-order chi connectivity index (χ0) is 16.0. The maximum absolute atomic E-state index is 5.63. The predicted octanol–water partition coefficient (Wildman–Crippen LogP) is 2.09. The summed E-state index contributed by atoms with van der Waals surface area (Å²) in [5.74, 6) is 1.79. The highest BCUT2D eigenvalue weighted by atomic mass is 16.5. The van der Waals surface area contributed by atoms with Gasteiger partial charge in [-0.05, 0) is 58.2 Å². The van der Waals surface area contributed by atoms with Crippen LogP contribution in [0.1, 0.15) is 46.5 Å². The third-order valence-electron chi connectivity index (χ3n) is 3.95. The van der Waals surface area contributed by atoms with Gasteiger partial charge in [-0.15, -0.1) is 0 Å². The summed E-state index contributed by atoms with van der Waals surface area (Å²) in [6.45, 7) is 14.4. The second kappa shape index (κ2) is 12.7. The Hall–Kier alpha value is -0.810. The van der Waals surface area contributed by atoms with Crippen molar-refractivity contribution < 1.29 is 4.74 Å². The molecule has 0 amide bonds. The minimum absolute atomic E-state index is 0.829. The van der Waals surface area contributed by atoms with E-state index in [1.54, 1.807) is 0 Å². The van der Waals surface area contributed by atoms with Gasteiger partial charge in [0.15, 0.2) is 5.96 Å². The van der Waals surface area contributed by atoms with Gasteiger partial charge in [-0.25, -0.2) is 0 Å². The zero-order valence-electron chi connectivity index (χ0n) is 14.9. The highest BCUT2D eigenvalue weighted by Crippen LogP contribution is 2.28. The van der Waals surface area contributed by atoms with Crippen molar-refractivity contribution in [2.45, 2.75) is 46.5 Å². The van der Waals surface area contributed by atoms with Gasteiger partial charge in [0.25, 0.3) is 0 Å². The van der Waals surface area contributed by atoms with Crippen molar-refractivity contribution >= 4 is 5.96 Å². The second-order valence-corrected chi connectivity index (χ2v) is 5.94. The van der Waals surface area contributed by atoms with Gasteiger partial charge < -0.3 is 20.3 Å². The number of guanidine groups is 1. The van der Waals surface area contributed by atoms with Crippen molar-refractivity contribution in [3.63, 3.8) is 0 Å². The molecule has 0 heterocycles. The summed E-state index contributed by atoms with van der Waals surface area (Å²) in [5.41, 5.74) is 0. The van der Waals surface area contributed by atoms with Crippen molar-refractivity contribution in [2.75, 3.05) is 52.5 Å². The molecule has 0 bridgehead atoms. The predicted molar refractivity (Wildman–Crippen MR) is 94.5 cm³/mol. The normalized spacial score (nSPS) is 15.4. The summed E-state index contributed by atoms with van der Waals surface area (Å²) in [5, 5.41) is 6.72. The number of aliphatic imine (C=N–C) groups is 1. The molecule has 5 heteroatoms. The van der Waals surface area contributed by atoms with Crippen molar-refractivity contribution in [3.05, 3.63) is 0 Å². The number of nitrogens with zero attached hydrogens (tertiary/aromatic N) is 2. The topological polar surface area (TPSA) is 48.9 Å². The van der Waals surface area contributed by atoms with Gasteiger partial charge in [0.2, 0.25) is 0 Å². The lowest BCUT2D eigenvalue weighted by molar-refractivity contribution is 0.123. The summed E-state index contributed by atoms with van der Waals surface area (Å²) >= 11 is 0. The standard InChI is InChI=1S/C17H36N4O/c1-4-18-17(19-11-7-13-21(5-2)6-3)20-12-8-14-22-15-16-9-10-16/h16H,4-15H2,1-3H3,(H2,18,19,20). The molecule has 2 N–H and O–H groups in total. The first-order chi connectivity index (χ1) is 10.8. The minimum atomic E-state index is 0.829. The Labute approximate surface area is 136 Å². The maximum atomic E-state index is 5.63. The lowest BCUT2D eigenvalue weighted by Gasteiger charge is -2.18. The van der Waals surface area contributed by atoms with Gasteiger partial charge in [0.05, 0.1) is 0 Å². The van der Waals surface area contributed by atoms with E-state index in [1.807, 2.05) is 0 Å². The van der Waals surface area contributed by atoms with Crippen molar-refractivity contribution in [3.8, 4) is 0 Å². The van der Waals surface area contributed by atoms with E-state index in [4.69, 9.17) is 4.74 Å². The Morgan fingerprint density at radius 2 is 1.91 bits per heavy atom. The third-order valence-corrected chi connectivity index (χ3v) is 3.95. The van der Waals surface area contributed by atoms with Gasteiger partial charge in [-0.1, -0.05) is 13.8 Å². The lowest BCUT2D eigenvalue weighted by atomic mass is 10.3. The van der Waals surface area contributed by atoms with Crippen molar-refractivity contribution in [2.24, 2.45) is 10.9 Å². The van der Waals surface area contributed by atoms with Crippen molar-refractivity contribution in [1.82, 2.24) is 15.5 Å². The van der Waals surface area contributed by atoms with Gasteiger partial charge in [-0.3, -0.25) is 4.99 Å². The van der Waals surface area contributed by atoms with Crippen LogP contribution < -0.4 is 10.6 Å². The van der Waals surface area contributed by atoms with Crippen LogP contribution in [0.25, 0.3) is 0 Å². The Balaban J connectivity index is 2.06. The second-order valence-electron chi connectivity index (χ2n) is 5.94. The number of rotatable bonds is 13. The van der Waals surface area contributed by atoms with Crippen LogP contribution in [0.15, 0.2) is 4.99 Å². The average Bonchev–Trinajstić information content (AvgIpc) is 3.35. The van der Waals surface area contributed by atoms with E-state index >= 15 is 0 Å². The van der Waals surface area contributed by atoms with E-state index in [0.717, 1.165) is 77.2 Å². The molecular weight excluding hydrogens is 276 g/mol. The molecular formula is C17H36N4O. The van der Waals surface area contributed by atoms with Gasteiger partial charge >= 0.3 is 0 Å². The van der Waals surface area contributed by atoms with E-state index in [-0.39, 0.29) is 0 Å². The summed E-state index contributed by atoms with van der Waals surface area (Å²) in [6, 6.07) is 0. The zero-order valence-corrected chi connectivity index (χ0v) is 14.9. The largest absolute Gasteiger partial charge is 0.381 e. The van der Waals surface area contributed by atoms with Gasteiger partial charge in [0, 0.05) is 32.8 Å². The van der Waals surface area contributed by atoms with Gasteiger partial charge in [0.1, 0.15) is 0 Å². The first-order valence-electron chi connectivity index (χ1n) is 9.12. The minimum Gasteiger partial charge on any atom is -0.381 e. The van der Waals surface area contributed by atoms with Crippen LogP contribution in [-0.4, -0.2) is 63.3 Å². The SMILES string of the molecule is CCNC(=NCCCOCC1CC1)NCCCN(CC)CC. The Bertz CT molecular complexity index is 288. The fraction of sp³-hybridized carbons (Fsp3) is 0.941. The fourth-order valence-corrected chi connectivity index (χ4v) is 2.28. The molecule has 0 aromatic rings. The van der Waals surface area contributed by atoms with E-state index in [0.29, 0.717) is 0 Å². The monoisotopic (exact) mass is 312 g/mol. The molecule has 1 aliphatic carbocycles. The first kappa shape index (κ1) is 19.2. The molecule has 0 spiro atoms. The average molecular weight is 313 g/mol. The molecule has 0 aliphatic heterocycles. The number of hydrogen-bond donors (Lipinski definition) is 2. The maximum Gasteiger partial charge on any atom is 0.191 e. The van der Waals surface area contributed by atoms with Crippen LogP contribution in [0.3, 0.4) is 0 Å². The first-order valence-corrected chi connectivity index (χ1v) is 9.12. The molecule has 0 saturated heterocycles. The third kappa shape index (κ3) is 10.0. The summed E-state index contributed by atoms with van der Waals surface area (Å²) < 4.78 is 5.63. The van der Waals surface area contributed by atoms with E-state index in [1.165, 1.54) is 12.8 Å². The Morgan fingerprint density at radius 3 is 2.55 bits per heavy atom. The molecule has 1 rings (SSSR count). The van der Waals surface area contributed by atoms with Crippen LogP contribution in [0.2, 0.25) is 0 Å². The van der Waals surface area contributed by atoms with Crippen LogP contribution in [0, 0.1) is 5.92 Å². The van der Waals surface area contributed by atoms with E-state index in [9.17, 15) is 0 Å². The van der Waals surface area contributed by atoms with E-state index < -0.39 is 0 Å². The summed E-state index contributed by atoms with van der Waals surface area (Å²) in [4.78, 5) is 7.05. The molecule has 130 valence electrons. The molecule has 5 nitrogen and oxygen atoms in total. The smallest absolute Gasteiger partial charge is 0.191 e. The summed E-state index contributed by atoms with van der Waals surface area (Å²) in [7, 11) is 0. The van der Waals surface area contributed by atoms with Crippen LogP contribution in [0.4, 0.5) is 0 Å². The quantitative estimate of drug-likeness (QED) is 0.311. The van der Waals surface area contributed by atoms with Crippen LogP contribution >= 0.6 is 0 Å². The van der Waals surface area contributed by atoms with Crippen LogP contribution in [-0.2, 0) is 4.74 Å². The number of hydrogen-bond acceptors (Lipinski definition) is 3. The molecule has 1 saturated carbocycles. The highest BCUT2D eigenvalue weighted by molar-refractivity contribution is 5.79. The fourth-order valence-electron chi connectivity index (χ4n) is 2.28. The molecule has 0 unspecified atom stereocenters. The van der Waals surface area contributed by atoms with Crippen molar-refractivity contribution in [1.29, 1.82) is 0 Å². The highest BCUT2D eigenvalue weighted by Gasteiger charge is 2.20. The summed E-state index contributed by atoms with van der Waals surface area (Å²) in [6.07, 6.45) is 4.87. The van der Waals surface area contributed by atoms with Crippen LogP contribution in [0.5, 0.6) is 0 Å². The molecule has 0 aromatic heterocycles.